The molecule has 0 aliphatic carbocycles. The fourth-order valence-electron chi connectivity index (χ4n) is 1.99. The van der Waals surface area contributed by atoms with Gasteiger partial charge in [0.15, 0.2) is 0 Å². The smallest absolute Gasteiger partial charge is 0.123 e. The second-order valence-electron chi connectivity index (χ2n) is 4.22. The number of methoxy groups -OCH3 is 1. The minimum atomic E-state index is 0.437. The molecule has 3 nitrogen and oxygen atoms in total. The van der Waals surface area contributed by atoms with Crippen LogP contribution in [0.4, 0.5) is 5.69 Å². The number of nitrogen functional groups attached to an aromatic ring is 1. The van der Waals surface area contributed by atoms with Crippen molar-refractivity contribution in [2.75, 3.05) is 25.2 Å². The summed E-state index contributed by atoms with van der Waals surface area (Å²) in [4.78, 5) is 0. The van der Waals surface area contributed by atoms with Gasteiger partial charge in [0.2, 0.25) is 0 Å². The molecule has 1 heterocycles. The monoisotopic (exact) mass is 253 g/mol. The summed E-state index contributed by atoms with van der Waals surface area (Å²) in [6.45, 7) is 0.923. The summed E-state index contributed by atoms with van der Waals surface area (Å²) in [7, 11) is 1.69. The number of hydrogen-bond donors (Lipinski definition) is 1. The van der Waals surface area contributed by atoms with Gasteiger partial charge in [-0.25, -0.2) is 0 Å². The van der Waals surface area contributed by atoms with Crippen LogP contribution in [-0.4, -0.2) is 25.6 Å². The largest absolute Gasteiger partial charge is 0.496 e. The van der Waals surface area contributed by atoms with Crippen molar-refractivity contribution >= 4 is 17.4 Å². The first-order chi connectivity index (χ1) is 8.29. The molecule has 2 N–H and O–H groups in total. The van der Waals surface area contributed by atoms with Gasteiger partial charge in [0.05, 0.1) is 13.2 Å². The number of ether oxygens (including phenoxy) is 2. The van der Waals surface area contributed by atoms with Crippen LogP contribution in [0.3, 0.4) is 0 Å². The number of rotatable bonds is 5. The lowest BCUT2D eigenvalue weighted by molar-refractivity contribution is 0.129. The average Bonchev–Trinajstić information content (AvgIpc) is 2.82. The van der Waals surface area contributed by atoms with Crippen LogP contribution in [-0.2, 0) is 10.5 Å². The Morgan fingerprint density at radius 2 is 2.41 bits per heavy atom. The highest BCUT2D eigenvalue weighted by molar-refractivity contribution is 7.98. The van der Waals surface area contributed by atoms with Gasteiger partial charge in [-0.15, -0.1) is 0 Å². The number of benzene rings is 1. The second kappa shape index (κ2) is 6.17. The van der Waals surface area contributed by atoms with E-state index in [1.54, 1.807) is 7.11 Å². The molecular formula is C13H19NO2S. The number of thioether (sulfide) groups is 1. The van der Waals surface area contributed by atoms with Crippen molar-refractivity contribution in [2.24, 2.45) is 0 Å². The Hall–Kier alpha value is -0.870. The third-order valence-corrected chi connectivity index (χ3v) is 4.01. The number of nitrogens with two attached hydrogens (primary N) is 1. The van der Waals surface area contributed by atoms with E-state index in [1.165, 1.54) is 12.8 Å². The zero-order valence-corrected chi connectivity index (χ0v) is 11.0. The maximum absolute atomic E-state index is 5.79. The fourth-order valence-corrected chi connectivity index (χ4v) is 3.08. The van der Waals surface area contributed by atoms with Gasteiger partial charge in [0, 0.05) is 29.4 Å². The van der Waals surface area contributed by atoms with Crippen LogP contribution < -0.4 is 10.5 Å². The van der Waals surface area contributed by atoms with Crippen LogP contribution in [0.1, 0.15) is 18.4 Å². The van der Waals surface area contributed by atoms with Crippen LogP contribution >= 0.6 is 11.8 Å². The summed E-state index contributed by atoms with van der Waals surface area (Å²) in [5.41, 5.74) is 7.74. The molecule has 94 valence electrons. The van der Waals surface area contributed by atoms with E-state index < -0.39 is 0 Å². The van der Waals surface area contributed by atoms with Gasteiger partial charge in [-0.1, -0.05) is 0 Å². The molecular weight excluding hydrogens is 234 g/mol. The lowest BCUT2D eigenvalue weighted by Gasteiger charge is -2.11. The molecule has 0 spiro atoms. The quantitative estimate of drug-likeness (QED) is 0.819. The van der Waals surface area contributed by atoms with E-state index >= 15 is 0 Å². The minimum Gasteiger partial charge on any atom is -0.496 e. The number of hydrogen-bond acceptors (Lipinski definition) is 4. The Morgan fingerprint density at radius 3 is 3.12 bits per heavy atom. The van der Waals surface area contributed by atoms with Gasteiger partial charge in [-0.05, 0) is 31.0 Å². The fraction of sp³-hybridized carbons (Fsp3) is 0.538. The molecule has 1 aliphatic rings. The molecule has 0 saturated carbocycles. The van der Waals surface area contributed by atoms with Gasteiger partial charge in [-0.3, -0.25) is 0 Å². The summed E-state index contributed by atoms with van der Waals surface area (Å²) in [5.74, 6) is 2.89. The topological polar surface area (TPSA) is 44.5 Å². The zero-order valence-electron chi connectivity index (χ0n) is 10.1. The van der Waals surface area contributed by atoms with E-state index in [2.05, 4.69) is 0 Å². The molecule has 2 rings (SSSR count). The highest BCUT2D eigenvalue weighted by Gasteiger charge is 2.15. The predicted molar refractivity (Wildman–Crippen MR) is 72.5 cm³/mol. The van der Waals surface area contributed by atoms with Crippen molar-refractivity contribution < 1.29 is 9.47 Å². The SMILES string of the molecule is COc1ccc(N)cc1CSCC1CCCO1. The Labute approximate surface area is 107 Å². The summed E-state index contributed by atoms with van der Waals surface area (Å²) in [6, 6.07) is 5.78. The van der Waals surface area contributed by atoms with Gasteiger partial charge in [-0.2, -0.15) is 11.8 Å². The van der Waals surface area contributed by atoms with E-state index in [9.17, 15) is 0 Å². The molecule has 1 aromatic rings. The molecule has 0 amide bonds. The normalized spacial score (nSPS) is 19.5. The molecule has 0 bridgehead atoms. The Morgan fingerprint density at radius 1 is 1.53 bits per heavy atom. The Bertz CT molecular complexity index is 364. The van der Waals surface area contributed by atoms with E-state index in [0.717, 1.165) is 35.1 Å². The van der Waals surface area contributed by atoms with E-state index in [0.29, 0.717) is 6.10 Å². The lowest BCUT2D eigenvalue weighted by atomic mass is 10.2. The molecule has 1 saturated heterocycles. The first kappa shape index (κ1) is 12.6. The average molecular weight is 253 g/mol. The molecule has 1 unspecified atom stereocenters. The van der Waals surface area contributed by atoms with E-state index in [1.807, 2.05) is 30.0 Å². The Balaban J connectivity index is 1.86. The van der Waals surface area contributed by atoms with Gasteiger partial charge >= 0.3 is 0 Å². The summed E-state index contributed by atoms with van der Waals surface area (Å²) < 4.78 is 10.9. The molecule has 0 radical (unpaired) electrons. The van der Waals surface area contributed by atoms with Gasteiger partial charge in [0.25, 0.3) is 0 Å². The van der Waals surface area contributed by atoms with Crippen LogP contribution in [0.2, 0.25) is 0 Å². The molecule has 1 aromatic carbocycles. The highest BCUT2D eigenvalue weighted by Crippen LogP contribution is 2.27. The standard InChI is InChI=1S/C13H19NO2S/c1-15-13-5-4-11(14)7-10(13)8-17-9-12-3-2-6-16-12/h4-5,7,12H,2-3,6,8-9,14H2,1H3. The lowest BCUT2D eigenvalue weighted by Crippen LogP contribution is -2.08. The van der Waals surface area contributed by atoms with Crippen LogP contribution in [0.25, 0.3) is 0 Å². The molecule has 0 aromatic heterocycles. The van der Waals surface area contributed by atoms with Crippen molar-refractivity contribution in [3.8, 4) is 5.75 Å². The van der Waals surface area contributed by atoms with Crippen LogP contribution in [0, 0.1) is 0 Å². The maximum Gasteiger partial charge on any atom is 0.123 e. The number of anilines is 1. The van der Waals surface area contributed by atoms with Crippen molar-refractivity contribution in [3.05, 3.63) is 23.8 Å². The van der Waals surface area contributed by atoms with Crippen LogP contribution in [0.5, 0.6) is 5.75 Å². The molecule has 1 atom stereocenters. The highest BCUT2D eigenvalue weighted by atomic mass is 32.2. The maximum atomic E-state index is 5.79. The Kier molecular flexibility index (Phi) is 4.57. The third kappa shape index (κ3) is 3.54. The minimum absolute atomic E-state index is 0.437. The van der Waals surface area contributed by atoms with Crippen molar-refractivity contribution in [2.45, 2.75) is 24.7 Å². The molecule has 1 fully saturated rings. The van der Waals surface area contributed by atoms with Crippen LogP contribution in [0.15, 0.2) is 18.2 Å². The summed E-state index contributed by atoms with van der Waals surface area (Å²) >= 11 is 1.88. The molecule has 4 heteroatoms. The van der Waals surface area contributed by atoms with E-state index in [-0.39, 0.29) is 0 Å². The first-order valence-electron chi connectivity index (χ1n) is 5.91. The summed E-state index contributed by atoms with van der Waals surface area (Å²) in [6.07, 6.45) is 2.83. The molecule has 17 heavy (non-hydrogen) atoms. The molecule has 1 aliphatic heterocycles. The van der Waals surface area contributed by atoms with Crippen molar-refractivity contribution in [3.63, 3.8) is 0 Å². The summed E-state index contributed by atoms with van der Waals surface area (Å²) in [5, 5.41) is 0. The predicted octanol–water partition coefficient (Wildman–Crippen LogP) is 2.69. The van der Waals surface area contributed by atoms with Crippen molar-refractivity contribution in [1.29, 1.82) is 0 Å². The first-order valence-corrected chi connectivity index (χ1v) is 7.07. The zero-order chi connectivity index (χ0) is 12.1. The van der Waals surface area contributed by atoms with E-state index in [4.69, 9.17) is 15.2 Å². The second-order valence-corrected chi connectivity index (χ2v) is 5.25. The van der Waals surface area contributed by atoms with Crippen molar-refractivity contribution in [1.82, 2.24) is 0 Å². The van der Waals surface area contributed by atoms with Gasteiger partial charge < -0.3 is 15.2 Å². The third-order valence-electron chi connectivity index (χ3n) is 2.89. The van der Waals surface area contributed by atoms with Gasteiger partial charge in [0.1, 0.15) is 5.75 Å².